The molecule has 0 aromatic heterocycles. The predicted octanol–water partition coefficient (Wildman–Crippen LogP) is 1.88. The molecule has 0 radical (unpaired) electrons. The van der Waals surface area contributed by atoms with Gasteiger partial charge in [0.15, 0.2) is 0 Å². The third kappa shape index (κ3) is 1.84. The summed E-state index contributed by atoms with van der Waals surface area (Å²) in [4.78, 5) is 0. The molecule has 2 heteroatoms. The summed E-state index contributed by atoms with van der Waals surface area (Å²) in [6.45, 7) is 1.71. The summed E-state index contributed by atoms with van der Waals surface area (Å²) in [5.74, 6) is -0.354. The van der Waals surface area contributed by atoms with E-state index in [-0.39, 0.29) is 5.92 Å². The van der Waals surface area contributed by atoms with Crippen LogP contribution in [0.2, 0.25) is 0 Å². The van der Waals surface area contributed by atoms with E-state index < -0.39 is 6.10 Å². The first-order valence-corrected chi connectivity index (χ1v) is 3.88. The molecule has 62 valence electrons. The third-order valence-corrected chi connectivity index (χ3v) is 1.82. The van der Waals surface area contributed by atoms with Crippen molar-refractivity contribution in [1.82, 2.24) is 0 Å². The number of hydrogen-bond acceptors (Lipinski definition) is 2. The van der Waals surface area contributed by atoms with Crippen LogP contribution >= 0.6 is 0 Å². The van der Waals surface area contributed by atoms with Crippen molar-refractivity contribution < 1.29 is 5.11 Å². The zero-order valence-corrected chi connectivity index (χ0v) is 6.94. The normalized spacial score (nSPS) is 14.8. The molecule has 0 fully saturated rings. The van der Waals surface area contributed by atoms with Gasteiger partial charge in [-0.25, -0.2) is 0 Å². The Bertz CT molecular complexity index is 276. The van der Waals surface area contributed by atoms with Crippen LogP contribution in [-0.2, 0) is 0 Å². The van der Waals surface area contributed by atoms with Gasteiger partial charge in [-0.3, -0.25) is 0 Å². The molecule has 0 spiro atoms. The molecule has 0 unspecified atom stereocenters. The summed E-state index contributed by atoms with van der Waals surface area (Å²) in [6.07, 6.45) is -0.670. The van der Waals surface area contributed by atoms with Crippen molar-refractivity contribution in [3.8, 4) is 6.07 Å². The van der Waals surface area contributed by atoms with Crippen molar-refractivity contribution in [1.29, 1.82) is 5.26 Å². The van der Waals surface area contributed by atoms with Crippen LogP contribution in [-0.4, -0.2) is 5.11 Å². The van der Waals surface area contributed by atoms with E-state index in [1.807, 2.05) is 36.4 Å². The fourth-order valence-electron chi connectivity index (χ4n) is 1.01. The smallest absolute Gasteiger partial charge is 0.0945 e. The molecule has 0 saturated carbocycles. The van der Waals surface area contributed by atoms with Crippen LogP contribution in [0.5, 0.6) is 0 Å². The van der Waals surface area contributed by atoms with E-state index in [1.165, 1.54) is 0 Å². The molecule has 0 saturated heterocycles. The Morgan fingerprint density at radius 1 is 1.33 bits per heavy atom. The number of aliphatic hydroxyl groups excluding tert-OH is 1. The fourth-order valence-corrected chi connectivity index (χ4v) is 1.01. The lowest BCUT2D eigenvalue weighted by Gasteiger charge is -2.11. The average molecular weight is 161 g/mol. The predicted molar refractivity (Wildman–Crippen MR) is 46.2 cm³/mol. The van der Waals surface area contributed by atoms with Crippen LogP contribution in [0.4, 0.5) is 0 Å². The fraction of sp³-hybridized carbons (Fsp3) is 0.300. The van der Waals surface area contributed by atoms with E-state index in [9.17, 15) is 5.11 Å². The molecule has 2 nitrogen and oxygen atoms in total. The quantitative estimate of drug-likeness (QED) is 0.719. The largest absolute Gasteiger partial charge is 0.387 e. The first kappa shape index (κ1) is 8.76. The summed E-state index contributed by atoms with van der Waals surface area (Å²) in [5.41, 5.74) is 0.798. The molecule has 0 heterocycles. The Morgan fingerprint density at radius 3 is 2.42 bits per heavy atom. The van der Waals surface area contributed by atoms with Crippen LogP contribution < -0.4 is 0 Å². The standard InChI is InChI=1S/C10H11NO/c1-8(7-11)10(12)9-5-3-2-4-6-9/h2-6,8,10,12H,1H3/t8-,10+/m1/s1. The Hall–Kier alpha value is -1.33. The number of nitriles is 1. The van der Waals surface area contributed by atoms with Gasteiger partial charge in [0, 0.05) is 0 Å². The topological polar surface area (TPSA) is 44.0 Å². The third-order valence-electron chi connectivity index (χ3n) is 1.82. The number of aliphatic hydroxyl groups is 1. The monoisotopic (exact) mass is 161 g/mol. The van der Waals surface area contributed by atoms with Crippen molar-refractivity contribution in [2.24, 2.45) is 5.92 Å². The Labute approximate surface area is 72.1 Å². The molecule has 2 atom stereocenters. The number of hydrogen-bond donors (Lipinski definition) is 1. The highest BCUT2D eigenvalue weighted by atomic mass is 16.3. The number of nitrogens with zero attached hydrogens (tertiary/aromatic N) is 1. The van der Waals surface area contributed by atoms with Crippen molar-refractivity contribution in [2.75, 3.05) is 0 Å². The molecule has 0 aliphatic rings. The van der Waals surface area contributed by atoms with Crippen LogP contribution in [0.3, 0.4) is 0 Å². The number of benzene rings is 1. The van der Waals surface area contributed by atoms with E-state index in [0.29, 0.717) is 0 Å². The molecule has 0 bridgehead atoms. The second kappa shape index (κ2) is 3.89. The van der Waals surface area contributed by atoms with E-state index in [4.69, 9.17) is 5.26 Å². The summed E-state index contributed by atoms with van der Waals surface area (Å²) in [5, 5.41) is 18.1. The van der Waals surface area contributed by atoms with Crippen molar-refractivity contribution >= 4 is 0 Å². The van der Waals surface area contributed by atoms with Crippen molar-refractivity contribution in [3.05, 3.63) is 35.9 Å². The first-order chi connectivity index (χ1) is 5.75. The first-order valence-electron chi connectivity index (χ1n) is 3.88. The van der Waals surface area contributed by atoms with Gasteiger partial charge in [-0.2, -0.15) is 5.26 Å². The van der Waals surface area contributed by atoms with Crippen LogP contribution in [0.25, 0.3) is 0 Å². The van der Waals surface area contributed by atoms with Gasteiger partial charge >= 0.3 is 0 Å². The summed E-state index contributed by atoms with van der Waals surface area (Å²) < 4.78 is 0. The maximum Gasteiger partial charge on any atom is 0.0945 e. The number of rotatable bonds is 2. The molecule has 1 N–H and O–H groups in total. The molecular weight excluding hydrogens is 150 g/mol. The Balaban J connectivity index is 2.80. The molecule has 1 aromatic carbocycles. The van der Waals surface area contributed by atoms with E-state index >= 15 is 0 Å². The van der Waals surface area contributed by atoms with Gasteiger partial charge in [0.2, 0.25) is 0 Å². The van der Waals surface area contributed by atoms with Crippen LogP contribution in [0, 0.1) is 17.2 Å². The summed E-state index contributed by atoms with van der Waals surface area (Å²) in [7, 11) is 0. The van der Waals surface area contributed by atoms with Crippen molar-refractivity contribution in [2.45, 2.75) is 13.0 Å². The molecule has 1 rings (SSSR count). The van der Waals surface area contributed by atoms with E-state index in [0.717, 1.165) is 5.56 Å². The second-order valence-electron chi connectivity index (χ2n) is 2.77. The minimum atomic E-state index is -0.670. The maximum absolute atomic E-state index is 9.57. The lowest BCUT2D eigenvalue weighted by atomic mass is 9.99. The molecule has 12 heavy (non-hydrogen) atoms. The minimum Gasteiger partial charge on any atom is -0.387 e. The average Bonchev–Trinajstić information content (AvgIpc) is 2.17. The molecular formula is C10H11NO. The zero-order valence-electron chi connectivity index (χ0n) is 6.94. The van der Waals surface area contributed by atoms with Crippen LogP contribution in [0.1, 0.15) is 18.6 Å². The molecule has 0 amide bonds. The molecule has 1 aromatic rings. The van der Waals surface area contributed by atoms with Crippen LogP contribution in [0.15, 0.2) is 30.3 Å². The lowest BCUT2D eigenvalue weighted by Crippen LogP contribution is -2.06. The Kier molecular flexibility index (Phi) is 2.84. The molecule has 0 aliphatic heterocycles. The highest BCUT2D eigenvalue weighted by Gasteiger charge is 2.14. The lowest BCUT2D eigenvalue weighted by molar-refractivity contribution is 0.143. The summed E-state index contributed by atoms with van der Waals surface area (Å²) >= 11 is 0. The van der Waals surface area contributed by atoms with E-state index in [2.05, 4.69) is 0 Å². The SMILES string of the molecule is C[C@H](C#N)[C@H](O)c1ccccc1. The minimum absolute atomic E-state index is 0.354. The van der Waals surface area contributed by atoms with E-state index in [1.54, 1.807) is 6.92 Å². The zero-order chi connectivity index (χ0) is 8.97. The van der Waals surface area contributed by atoms with Crippen molar-refractivity contribution in [3.63, 3.8) is 0 Å². The van der Waals surface area contributed by atoms with Gasteiger partial charge in [-0.05, 0) is 12.5 Å². The summed E-state index contributed by atoms with van der Waals surface area (Å²) in [6, 6.07) is 11.2. The van der Waals surface area contributed by atoms with Gasteiger partial charge in [0.1, 0.15) is 0 Å². The molecule has 0 aliphatic carbocycles. The van der Waals surface area contributed by atoms with Gasteiger partial charge in [-0.15, -0.1) is 0 Å². The maximum atomic E-state index is 9.57. The highest BCUT2D eigenvalue weighted by molar-refractivity contribution is 5.19. The van der Waals surface area contributed by atoms with Gasteiger partial charge < -0.3 is 5.11 Å². The van der Waals surface area contributed by atoms with Gasteiger partial charge in [0.05, 0.1) is 18.1 Å². The second-order valence-corrected chi connectivity index (χ2v) is 2.77. The Morgan fingerprint density at radius 2 is 1.92 bits per heavy atom. The van der Waals surface area contributed by atoms with Gasteiger partial charge in [0.25, 0.3) is 0 Å². The highest BCUT2D eigenvalue weighted by Crippen LogP contribution is 2.20. The van der Waals surface area contributed by atoms with Gasteiger partial charge in [-0.1, -0.05) is 30.3 Å².